The molecule has 0 saturated heterocycles. The Morgan fingerprint density at radius 2 is 1.81 bits per heavy atom. The highest BCUT2D eigenvalue weighted by Crippen LogP contribution is 2.39. The molecule has 1 unspecified atom stereocenters. The third-order valence-electron chi connectivity index (χ3n) is 3.62. The molecule has 0 bridgehead atoms. The number of hydrogen-bond donors (Lipinski definition) is 1. The number of ether oxygens (including phenoxy) is 1. The molecule has 112 valence electrons. The Balaban J connectivity index is 2.53. The fourth-order valence-corrected chi connectivity index (χ4v) is 3.39. The number of aliphatic hydroxyl groups is 1. The molecule has 0 aromatic heterocycles. The van der Waals surface area contributed by atoms with Crippen molar-refractivity contribution in [2.45, 2.75) is 24.8 Å². The molecule has 2 aromatic carbocycles. The normalized spacial score (nSPS) is 12.3. The molecule has 0 saturated carbocycles. The minimum absolute atomic E-state index is 0.702. The summed E-state index contributed by atoms with van der Waals surface area (Å²) in [7, 11) is 1.64. The molecule has 2 rings (SSSR count). The van der Waals surface area contributed by atoms with Crippen LogP contribution in [0.5, 0.6) is 5.75 Å². The quantitative estimate of drug-likeness (QED) is 0.782. The van der Waals surface area contributed by atoms with Crippen molar-refractivity contribution in [2.75, 3.05) is 13.4 Å². The maximum absolute atomic E-state index is 10.8. The van der Waals surface area contributed by atoms with Gasteiger partial charge in [0, 0.05) is 14.9 Å². The lowest BCUT2D eigenvalue weighted by atomic mass is 9.94. The van der Waals surface area contributed by atoms with Crippen molar-refractivity contribution < 1.29 is 9.84 Å². The van der Waals surface area contributed by atoms with Gasteiger partial charge in [0.05, 0.1) is 7.11 Å². The van der Waals surface area contributed by atoms with Crippen LogP contribution in [0.3, 0.4) is 0 Å². The van der Waals surface area contributed by atoms with E-state index in [0.29, 0.717) is 0 Å². The number of benzene rings is 2. The van der Waals surface area contributed by atoms with E-state index in [9.17, 15) is 5.11 Å². The van der Waals surface area contributed by atoms with E-state index in [1.807, 2.05) is 50.4 Å². The van der Waals surface area contributed by atoms with Crippen LogP contribution in [-0.4, -0.2) is 18.5 Å². The number of hydrogen-bond acceptors (Lipinski definition) is 3. The van der Waals surface area contributed by atoms with Crippen LogP contribution in [0.25, 0.3) is 0 Å². The predicted octanol–water partition coefficient (Wildman–Crippen LogP) is 4.88. The minimum Gasteiger partial charge on any atom is -0.496 e. The first-order valence-electron chi connectivity index (χ1n) is 6.65. The molecule has 1 N–H and O–H groups in total. The summed E-state index contributed by atoms with van der Waals surface area (Å²) < 4.78 is 6.50. The lowest BCUT2D eigenvalue weighted by Crippen LogP contribution is -2.07. The van der Waals surface area contributed by atoms with E-state index in [-0.39, 0.29) is 0 Å². The topological polar surface area (TPSA) is 29.5 Å². The van der Waals surface area contributed by atoms with Crippen molar-refractivity contribution >= 4 is 27.7 Å². The number of rotatable bonds is 4. The van der Waals surface area contributed by atoms with E-state index < -0.39 is 6.10 Å². The lowest BCUT2D eigenvalue weighted by molar-refractivity contribution is 0.213. The van der Waals surface area contributed by atoms with Gasteiger partial charge in [-0.1, -0.05) is 28.1 Å². The Bertz CT molecular complexity index is 638. The van der Waals surface area contributed by atoms with E-state index in [1.165, 1.54) is 4.90 Å². The van der Waals surface area contributed by atoms with Crippen LogP contribution in [0.4, 0.5) is 0 Å². The highest BCUT2D eigenvalue weighted by molar-refractivity contribution is 9.10. The number of aliphatic hydroxyl groups excluding tert-OH is 1. The van der Waals surface area contributed by atoms with Crippen molar-refractivity contribution in [1.82, 2.24) is 0 Å². The van der Waals surface area contributed by atoms with Gasteiger partial charge in [-0.15, -0.1) is 11.8 Å². The van der Waals surface area contributed by atoms with Gasteiger partial charge in [0.15, 0.2) is 0 Å². The molecule has 0 aliphatic carbocycles. The highest BCUT2D eigenvalue weighted by Gasteiger charge is 2.21. The molecule has 4 heteroatoms. The van der Waals surface area contributed by atoms with Gasteiger partial charge in [-0.2, -0.15) is 0 Å². The first kappa shape index (κ1) is 16.4. The van der Waals surface area contributed by atoms with Crippen LogP contribution in [0.15, 0.2) is 39.7 Å². The molecule has 0 aliphatic rings. The van der Waals surface area contributed by atoms with Gasteiger partial charge in [-0.3, -0.25) is 0 Å². The predicted molar refractivity (Wildman–Crippen MR) is 92.5 cm³/mol. The van der Waals surface area contributed by atoms with Gasteiger partial charge in [0.1, 0.15) is 11.9 Å². The average molecular weight is 367 g/mol. The SMILES string of the molecule is COc1c(C)cc(Br)c(C)c1C(O)c1ccc(SC)cc1. The summed E-state index contributed by atoms with van der Waals surface area (Å²) in [6.07, 6.45) is 1.34. The second-order valence-electron chi connectivity index (χ2n) is 4.92. The van der Waals surface area contributed by atoms with Crippen molar-refractivity contribution in [3.05, 3.63) is 57.1 Å². The van der Waals surface area contributed by atoms with Gasteiger partial charge in [0.2, 0.25) is 0 Å². The second kappa shape index (κ2) is 6.86. The Kier molecular flexibility index (Phi) is 5.36. The summed E-state index contributed by atoms with van der Waals surface area (Å²) in [5.41, 5.74) is 3.69. The van der Waals surface area contributed by atoms with Crippen LogP contribution in [-0.2, 0) is 0 Å². The van der Waals surface area contributed by atoms with Gasteiger partial charge >= 0.3 is 0 Å². The van der Waals surface area contributed by atoms with E-state index in [0.717, 1.165) is 32.5 Å². The maximum atomic E-state index is 10.8. The number of methoxy groups -OCH3 is 1. The second-order valence-corrected chi connectivity index (χ2v) is 6.66. The van der Waals surface area contributed by atoms with Crippen LogP contribution in [0.1, 0.15) is 28.4 Å². The smallest absolute Gasteiger partial charge is 0.128 e. The summed E-state index contributed by atoms with van der Waals surface area (Å²) in [5.74, 6) is 0.747. The monoisotopic (exact) mass is 366 g/mol. The lowest BCUT2D eigenvalue weighted by Gasteiger charge is -2.21. The Labute approximate surface area is 138 Å². The van der Waals surface area contributed by atoms with E-state index >= 15 is 0 Å². The number of aryl methyl sites for hydroxylation is 1. The van der Waals surface area contributed by atoms with Crippen LogP contribution in [0.2, 0.25) is 0 Å². The summed E-state index contributed by atoms with van der Waals surface area (Å²) in [6, 6.07) is 9.99. The first-order valence-corrected chi connectivity index (χ1v) is 8.67. The molecule has 0 spiro atoms. The zero-order chi connectivity index (χ0) is 15.6. The molecule has 0 radical (unpaired) electrons. The van der Waals surface area contributed by atoms with Crippen molar-refractivity contribution in [3.8, 4) is 5.75 Å². The first-order chi connectivity index (χ1) is 9.99. The zero-order valence-electron chi connectivity index (χ0n) is 12.6. The highest BCUT2D eigenvalue weighted by atomic mass is 79.9. The molecule has 2 nitrogen and oxygen atoms in total. The minimum atomic E-state index is -0.702. The Morgan fingerprint density at radius 3 is 2.33 bits per heavy atom. The van der Waals surface area contributed by atoms with E-state index in [1.54, 1.807) is 18.9 Å². The van der Waals surface area contributed by atoms with Crippen LogP contribution in [0, 0.1) is 13.8 Å². The van der Waals surface area contributed by atoms with E-state index in [4.69, 9.17) is 4.74 Å². The zero-order valence-corrected chi connectivity index (χ0v) is 15.0. The number of thioether (sulfide) groups is 1. The van der Waals surface area contributed by atoms with Crippen LogP contribution < -0.4 is 4.74 Å². The fraction of sp³-hybridized carbons (Fsp3) is 0.294. The van der Waals surface area contributed by atoms with Crippen molar-refractivity contribution in [3.63, 3.8) is 0 Å². The molecule has 1 atom stereocenters. The number of halogens is 1. The van der Waals surface area contributed by atoms with Gasteiger partial charge < -0.3 is 9.84 Å². The maximum Gasteiger partial charge on any atom is 0.128 e. The molecule has 2 aromatic rings. The summed E-state index contributed by atoms with van der Waals surface area (Å²) >= 11 is 5.24. The van der Waals surface area contributed by atoms with Crippen molar-refractivity contribution in [1.29, 1.82) is 0 Å². The third-order valence-corrected chi connectivity index (χ3v) is 5.18. The standard InChI is InChI=1S/C17H19BrO2S/c1-10-9-14(18)11(2)15(17(10)20-3)16(19)12-5-7-13(21-4)8-6-12/h5-9,16,19H,1-4H3. The summed E-state index contributed by atoms with van der Waals surface area (Å²) in [6.45, 7) is 3.97. The third kappa shape index (κ3) is 3.28. The Morgan fingerprint density at radius 1 is 1.19 bits per heavy atom. The summed E-state index contributed by atoms with van der Waals surface area (Å²) in [5, 5.41) is 10.8. The average Bonchev–Trinajstić information content (AvgIpc) is 2.50. The largest absolute Gasteiger partial charge is 0.496 e. The molecule has 21 heavy (non-hydrogen) atoms. The van der Waals surface area contributed by atoms with Crippen LogP contribution >= 0.6 is 27.7 Å². The molecular formula is C17H19BrO2S. The van der Waals surface area contributed by atoms with Gasteiger partial charge in [-0.05, 0) is 55.0 Å². The molecule has 0 fully saturated rings. The van der Waals surface area contributed by atoms with Gasteiger partial charge in [0.25, 0.3) is 0 Å². The molecule has 0 heterocycles. The fourth-order valence-electron chi connectivity index (χ4n) is 2.43. The molecular weight excluding hydrogens is 348 g/mol. The molecule has 0 amide bonds. The van der Waals surface area contributed by atoms with Gasteiger partial charge in [-0.25, -0.2) is 0 Å². The molecule has 0 aliphatic heterocycles. The summed E-state index contributed by atoms with van der Waals surface area (Å²) in [4.78, 5) is 1.18. The van der Waals surface area contributed by atoms with E-state index in [2.05, 4.69) is 15.9 Å². The Hall–Kier alpha value is -0.970. The van der Waals surface area contributed by atoms with Crippen molar-refractivity contribution in [2.24, 2.45) is 0 Å².